The molecule has 0 aromatic heterocycles. The van der Waals surface area contributed by atoms with E-state index in [0.717, 1.165) is 25.8 Å². The lowest BCUT2D eigenvalue weighted by Gasteiger charge is -2.30. The van der Waals surface area contributed by atoms with Crippen LogP contribution in [0.1, 0.15) is 40.0 Å². The molecule has 1 fully saturated rings. The molecule has 1 unspecified atom stereocenters. The molecule has 0 spiro atoms. The molecule has 1 N–H and O–H groups in total. The van der Waals surface area contributed by atoms with Crippen molar-refractivity contribution in [1.82, 2.24) is 13.9 Å². The van der Waals surface area contributed by atoms with Gasteiger partial charge in [-0.15, -0.1) is 0 Å². The van der Waals surface area contributed by atoms with Crippen molar-refractivity contribution in [3.05, 3.63) is 0 Å². The van der Waals surface area contributed by atoms with E-state index in [9.17, 15) is 8.42 Å². The van der Waals surface area contributed by atoms with Crippen molar-refractivity contribution >= 4 is 10.2 Å². The van der Waals surface area contributed by atoms with Gasteiger partial charge in [-0.25, -0.2) is 0 Å². The molecule has 6 heteroatoms. The van der Waals surface area contributed by atoms with Gasteiger partial charge in [0.2, 0.25) is 0 Å². The van der Waals surface area contributed by atoms with Crippen molar-refractivity contribution in [2.75, 3.05) is 32.7 Å². The molecule has 0 aromatic carbocycles. The third-order valence-corrected chi connectivity index (χ3v) is 5.57. The van der Waals surface area contributed by atoms with E-state index in [4.69, 9.17) is 0 Å². The van der Waals surface area contributed by atoms with Gasteiger partial charge in [0.05, 0.1) is 0 Å². The molecule has 0 bridgehead atoms. The Kier molecular flexibility index (Phi) is 6.55. The predicted octanol–water partition coefficient (Wildman–Crippen LogP) is 1.04. The van der Waals surface area contributed by atoms with Crippen LogP contribution < -0.4 is 5.32 Å². The van der Waals surface area contributed by atoms with Gasteiger partial charge in [-0.2, -0.15) is 17.0 Å². The van der Waals surface area contributed by atoms with Crippen molar-refractivity contribution in [2.24, 2.45) is 0 Å². The second-order valence-corrected chi connectivity index (χ2v) is 6.67. The molecule has 0 aliphatic carbocycles. The molecule has 0 amide bonds. The number of hydrogen-bond donors (Lipinski definition) is 1. The van der Waals surface area contributed by atoms with E-state index in [-0.39, 0.29) is 0 Å². The van der Waals surface area contributed by atoms with Crippen molar-refractivity contribution in [1.29, 1.82) is 0 Å². The number of nitrogens with one attached hydrogen (secondary N) is 1. The van der Waals surface area contributed by atoms with Crippen LogP contribution in [0, 0.1) is 0 Å². The molecule has 1 aliphatic rings. The normalized spacial score (nSPS) is 21.1. The van der Waals surface area contributed by atoms with Gasteiger partial charge in [0.1, 0.15) is 0 Å². The predicted molar refractivity (Wildman–Crippen MR) is 74.7 cm³/mol. The van der Waals surface area contributed by atoms with Crippen molar-refractivity contribution in [3.8, 4) is 0 Å². The first-order chi connectivity index (χ1) is 8.56. The largest absolute Gasteiger partial charge is 0.313 e. The van der Waals surface area contributed by atoms with Gasteiger partial charge < -0.3 is 5.32 Å². The standard InChI is InChI=1S/C12H27N3O2S/c1-4-10-15(11-12-8-7-9-13-12)18(16,17)14(5-2)6-3/h12-13H,4-11H2,1-3H3. The molecule has 18 heavy (non-hydrogen) atoms. The second kappa shape index (κ2) is 7.43. The Morgan fingerprint density at radius 1 is 1.17 bits per heavy atom. The van der Waals surface area contributed by atoms with E-state index in [0.29, 0.717) is 32.2 Å². The van der Waals surface area contributed by atoms with E-state index >= 15 is 0 Å². The van der Waals surface area contributed by atoms with Crippen molar-refractivity contribution in [3.63, 3.8) is 0 Å². The highest BCUT2D eigenvalue weighted by molar-refractivity contribution is 7.86. The fraction of sp³-hybridized carbons (Fsp3) is 1.00. The summed E-state index contributed by atoms with van der Waals surface area (Å²) < 4.78 is 28.2. The van der Waals surface area contributed by atoms with E-state index < -0.39 is 10.2 Å². The zero-order valence-corrected chi connectivity index (χ0v) is 12.7. The number of rotatable bonds is 8. The Bertz CT molecular complexity index is 322. The van der Waals surface area contributed by atoms with E-state index in [1.807, 2.05) is 20.8 Å². The topological polar surface area (TPSA) is 52.7 Å². The van der Waals surface area contributed by atoms with Crippen LogP contribution in [-0.2, 0) is 10.2 Å². The van der Waals surface area contributed by atoms with Crippen molar-refractivity contribution < 1.29 is 8.42 Å². The Balaban J connectivity index is 2.75. The van der Waals surface area contributed by atoms with Crippen LogP contribution in [-0.4, -0.2) is 55.8 Å². The third-order valence-electron chi connectivity index (χ3n) is 3.42. The summed E-state index contributed by atoms with van der Waals surface area (Å²) in [6.07, 6.45) is 3.08. The van der Waals surface area contributed by atoms with Crippen LogP contribution in [0.25, 0.3) is 0 Å². The van der Waals surface area contributed by atoms with Gasteiger partial charge in [0.15, 0.2) is 0 Å². The third kappa shape index (κ3) is 3.91. The first-order valence-electron chi connectivity index (χ1n) is 7.04. The molecule has 0 aromatic rings. The summed E-state index contributed by atoms with van der Waals surface area (Å²) in [5.74, 6) is 0. The minimum atomic E-state index is -3.29. The fourth-order valence-electron chi connectivity index (χ4n) is 2.42. The Morgan fingerprint density at radius 2 is 1.83 bits per heavy atom. The monoisotopic (exact) mass is 277 g/mol. The highest BCUT2D eigenvalue weighted by Crippen LogP contribution is 2.13. The van der Waals surface area contributed by atoms with Crippen LogP contribution >= 0.6 is 0 Å². The first kappa shape index (κ1) is 15.9. The van der Waals surface area contributed by atoms with Crippen LogP contribution in [0.2, 0.25) is 0 Å². The number of nitrogens with zero attached hydrogens (tertiary/aromatic N) is 2. The molecule has 5 nitrogen and oxygen atoms in total. The maximum Gasteiger partial charge on any atom is 0.282 e. The minimum absolute atomic E-state index is 0.321. The molecule has 0 radical (unpaired) electrons. The quantitative estimate of drug-likeness (QED) is 0.721. The molecule has 1 atom stereocenters. The molecule has 108 valence electrons. The minimum Gasteiger partial charge on any atom is -0.313 e. The second-order valence-electron chi connectivity index (χ2n) is 4.74. The van der Waals surface area contributed by atoms with Gasteiger partial charge in [0, 0.05) is 32.2 Å². The smallest absolute Gasteiger partial charge is 0.282 e. The van der Waals surface area contributed by atoms with E-state index in [1.54, 1.807) is 4.31 Å². The SMILES string of the molecule is CCCN(CC1CCCN1)S(=O)(=O)N(CC)CC. The van der Waals surface area contributed by atoms with E-state index in [1.165, 1.54) is 4.31 Å². The summed E-state index contributed by atoms with van der Waals surface area (Å²) in [7, 11) is -3.29. The van der Waals surface area contributed by atoms with Gasteiger partial charge in [-0.1, -0.05) is 20.8 Å². The zero-order valence-electron chi connectivity index (χ0n) is 11.9. The average molecular weight is 277 g/mol. The first-order valence-corrected chi connectivity index (χ1v) is 8.44. The molecule has 1 aliphatic heterocycles. The molecule has 1 heterocycles. The Labute approximate surface area is 112 Å². The summed E-state index contributed by atoms with van der Waals surface area (Å²) in [5, 5.41) is 3.37. The average Bonchev–Trinajstić information content (AvgIpc) is 2.82. The van der Waals surface area contributed by atoms with Gasteiger partial charge in [-0.05, 0) is 25.8 Å². The highest BCUT2D eigenvalue weighted by Gasteiger charge is 2.29. The summed E-state index contributed by atoms with van der Waals surface area (Å²) >= 11 is 0. The zero-order chi connectivity index (χ0) is 13.6. The van der Waals surface area contributed by atoms with Crippen molar-refractivity contribution in [2.45, 2.75) is 46.1 Å². The van der Waals surface area contributed by atoms with E-state index in [2.05, 4.69) is 5.32 Å². The van der Waals surface area contributed by atoms with Gasteiger partial charge in [0.25, 0.3) is 10.2 Å². The molecular formula is C12H27N3O2S. The van der Waals surface area contributed by atoms with Gasteiger partial charge in [-0.3, -0.25) is 0 Å². The van der Waals surface area contributed by atoms with Gasteiger partial charge >= 0.3 is 0 Å². The fourth-order valence-corrected chi connectivity index (χ4v) is 4.18. The molecule has 1 saturated heterocycles. The lowest BCUT2D eigenvalue weighted by atomic mass is 10.2. The lowest BCUT2D eigenvalue weighted by molar-refractivity contribution is 0.326. The Morgan fingerprint density at radius 3 is 2.28 bits per heavy atom. The van der Waals surface area contributed by atoms with Crippen LogP contribution in [0.4, 0.5) is 0 Å². The van der Waals surface area contributed by atoms with Crippen LogP contribution in [0.15, 0.2) is 0 Å². The number of hydrogen-bond acceptors (Lipinski definition) is 3. The summed E-state index contributed by atoms with van der Waals surface area (Å²) in [4.78, 5) is 0. The summed E-state index contributed by atoms with van der Waals surface area (Å²) in [6, 6.07) is 0.321. The molecule has 0 saturated carbocycles. The molecular weight excluding hydrogens is 250 g/mol. The van der Waals surface area contributed by atoms with Crippen LogP contribution in [0.3, 0.4) is 0 Å². The summed E-state index contributed by atoms with van der Waals surface area (Å²) in [5.41, 5.74) is 0. The maximum absolute atomic E-state index is 12.5. The maximum atomic E-state index is 12.5. The highest BCUT2D eigenvalue weighted by atomic mass is 32.2. The van der Waals surface area contributed by atoms with Crippen LogP contribution in [0.5, 0.6) is 0 Å². The Hall–Kier alpha value is -0.170. The molecule has 1 rings (SSSR count). The summed E-state index contributed by atoms with van der Waals surface area (Å²) in [6.45, 7) is 9.10. The lowest BCUT2D eigenvalue weighted by Crippen LogP contribution is -2.48.